The van der Waals surface area contributed by atoms with Gasteiger partial charge in [0, 0.05) is 31.0 Å². The molecule has 0 saturated carbocycles. The molecule has 0 aliphatic carbocycles. The van der Waals surface area contributed by atoms with Crippen molar-refractivity contribution < 1.29 is 13.6 Å². The van der Waals surface area contributed by atoms with Crippen LogP contribution in [-0.4, -0.2) is 40.6 Å². The first-order valence-electron chi connectivity index (χ1n) is 7.45. The van der Waals surface area contributed by atoms with Gasteiger partial charge in [0.05, 0.1) is 12.2 Å². The third kappa shape index (κ3) is 3.33. The molecule has 1 aromatic heterocycles. The van der Waals surface area contributed by atoms with E-state index in [9.17, 15) is 13.6 Å². The Hall–Kier alpha value is -2.44. The van der Waals surface area contributed by atoms with Gasteiger partial charge in [-0.15, -0.1) is 0 Å². The molecule has 1 amide bonds. The van der Waals surface area contributed by atoms with Crippen LogP contribution in [0.2, 0.25) is 0 Å². The first-order chi connectivity index (χ1) is 11.0. The first kappa shape index (κ1) is 15.5. The second-order valence-corrected chi connectivity index (χ2v) is 5.60. The summed E-state index contributed by atoms with van der Waals surface area (Å²) in [6.07, 6.45) is -0.0884. The van der Waals surface area contributed by atoms with E-state index in [1.54, 1.807) is 18.0 Å². The number of likely N-dealkylation sites (N-methyl/N-ethyl adjacent to an activating group) is 1. The van der Waals surface area contributed by atoms with E-state index in [4.69, 9.17) is 0 Å². The predicted molar refractivity (Wildman–Crippen MR) is 82.7 cm³/mol. The summed E-state index contributed by atoms with van der Waals surface area (Å²) in [6.45, 7) is 0.679. The number of carbonyl (C=O) groups excluding carboxylic acids is 1. The van der Waals surface area contributed by atoms with E-state index in [0.717, 1.165) is 24.2 Å². The van der Waals surface area contributed by atoms with Gasteiger partial charge in [-0.2, -0.15) is 5.10 Å². The zero-order valence-corrected chi connectivity index (χ0v) is 12.8. The highest BCUT2D eigenvalue weighted by atomic mass is 19.3. The maximum Gasteiger partial charge on any atom is 0.257 e. The molecule has 0 bridgehead atoms. The number of alkyl halides is 2. The highest BCUT2D eigenvalue weighted by Gasteiger charge is 2.21. The van der Waals surface area contributed by atoms with Crippen LogP contribution in [0.15, 0.2) is 30.5 Å². The van der Waals surface area contributed by atoms with Crippen molar-refractivity contribution >= 4 is 11.6 Å². The highest BCUT2D eigenvalue weighted by Crippen LogP contribution is 2.22. The lowest BCUT2D eigenvalue weighted by Gasteiger charge is -2.25. The number of amides is 1. The van der Waals surface area contributed by atoms with E-state index >= 15 is 0 Å². The monoisotopic (exact) mass is 320 g/mol. The van der Waals surface area contributed by atoms with Gasteiger partial charge in [0.15, 0.2) is 0 Å². The smallest absolute Gasteiger partial charge is 0.257 e. The quantitative estimate of drug-likeness (QED) is 0.920. The number of hydrogen-bond donors (Lipinski definition) is 1. The van der Waals surface area contributed by atoms with Gasteiger partial charge in [0.1, 0.15) is 6.54 Å². The van der Waals surface area contributed by atoms with Crippen LogP contribution in [-0.2, 0) is 19.5 Å². The second-order valence-electron chi connectivity index (χ2n) is 5.60. The Labute approximate surface area is 132 Å². The number of fused-ring (bicyclic) bond motifs is 1. The minimum absolute atomic E-state index is 0.0117. The molecule has 0 saturated heterocycles. The molecule has 122 valence electrons. The van der Waals surface area contributed by atoms with Gasteiger partial charge in [0.2, 0.25) is 0 Å². The number of benzene rings is 1. The maximum absolute atomic E-state index is 12.5. The summed E-state index contributed by atoms with van der Waals surface area (Å²) >= 11 is 0. The van der Waals surface area contributed by atoms with Crippen molar-refractivity contribution in [2.45, 2.75) is 25.9 Å². The van der Waals surface area contributed by atoms with Gasteiger partial charge in [-0.25, -0.2) is 8.78 Å². The lowest BCUT2D eigenvalue weighted by molar-refractivity contribution is 0.0781. The zero-order chi connectivity index (χ0) is 16.4. The topological polar surface area (TPSA) is 50.2 Å². The normalized spacial score (nSPS) is 14.3. The molecular formula is C16H18F2N4O. The molecule has 0 fully saturated rings. The fourth-order valence-corrected chi connectivity index (χ4v) is 2.70. The molecule has 3 rings (SSSR count). The first-order valence-corrected chi connectivity index (χ1v) is 7.45. The zero-order valence-electron chi connectivity index (χ0n) is 12.8. The minimum atomic E-state index is -2.44. The molecule has 0 unspecified atom stereocenters. The van der Waals surface area contributed by atoms with Gasteiger partial charge in [-0.1, -0.05) is 6.07 Å². The Balaban J connectivity index is 1.72. The minimum Gasteiger partial charge on any atom is -0.379 e. The van der Waals surface area contributed by atoms with Crippen LogP contribution >= 0.6 is 0 Å². The van der Waals surface area contributed by atoms with Crippen molar-refractivity contribution in [3.05, 3.63) is 47.3 Å². The Morgan fingerprint density at radius 3 is 2.96 bits per heavy atom. The summed E-state index contributed by atoms with van der Waals surface area (Å²) in [6, 6.07) is 7.37. The van der Waals surface area contributed by atoms with Crippen LogP contribution in [0.5, 0.6) is 0 Å². The second kappa shape index (κ2) is 6.36. The third-order valence-corrected chi connectivity index (χ3v) is 3.99. The van der Waals surface area contributed by atoms with Crippen molar-refractivity contribution in [2.24, 2.45) is 0 Å². The standard InChI is InChI=1S/C16H18F2N4O/c1-21-7-5-11-2-3-12(8-14(11)16(21)23)19-9-13-4-6-20-22(13)10-15(17)18/h2-4,6,8,15,19H,5,7,9-10H2,1H3. The van der Waals surface area contributed by atoms with Crippen LogP contribution in [0.3, 0.4) is 0 Å². The van der Waals surface area contributed by atoms with Gasteiger partial charge >= 0.3 is 0 Å². The lowest BCUT2D eigenvalue weighted by Crippen LogP contribution is -2.34. The van der Waals surface area contributed by atoms with Crippen molar-refractivity contribution in [3.63, 3.8) is 0 Å². The van der Waals surface area contributed by atoms with Crippen LogP contribution in [0, 0.1) is 0 Å². The summed E-state index contributed by atoms with van der Waals surface area (Å²) in [4.78, 5) is 13.9. The number of rotatable bonds is 5. The summed E-state index contributed by atoms with van der Waals surface area (Å²) < 4.78 is 26.3. The van der Waals surface area contributed by atoms with Crippen LogP contribution in [0.4, 0.5) is 14.5 Å². The van der Waals surface area contributed by atoms with Gasteiger partial charge in [-0.3, -0.25) is 9.48 Å². The Bertz CT molecular complexity index is 714. The fraction of sp³-hybridized carbons (Fsp3) is 0.375. The number of aromatic nitrogens is 2. The SMILES string of the molecule is CN1CCc2ccc(NCc3ccnn3CC(F)F)cc2C1=O. The van der Waals surface area contributed by atoms with Crippen molar-refractivity contribution in [1.82, 2.24) is 14.7 Å². The van der Waals surface area contributed by atoms with Crippen molar-refractivity contribution in [3.8, 4) is 0 Å². The number of hydrogen-bond acceptors (Lipinski definition) is 3. The predicted octanol–water partition coefficient (Wildman–Crippen LogP) is 2.39. The molecule has 0 spiro atoms. The summed E-state index contributed by atoms with van der Waals surface area (Å²) in [7, 11) is 1.79. The molecule has 1 aliphatic rings. The lowest BCUT2D eigenvalue weighted by atomic mass is 9.99. The summed E-state index contributed by atoms with van der Waals surface area (Å²) in [5.41, 5.74) is 3.20. The van der Waals surface area contributed by atoms with Gasteiger partial charge in [-0.05, 0) is 30.2 Å². The molecular weight excluding hydrogens is 302 g/mol. The molecule has 1 aromatic carbocycles. The number of anilines is 1. The van der Waals surface area contributed by atoms with E-state index in [2.05, 4.69) is 10.4 Å². The molecule has 23 heavy (non-hydrogen) atoms. The average Bonchev–Trinajstić information content (AvgIpc) is 2.95. The van der Waals surface area contributed by atoms with Gasteiger partial charge in [0.25, 0.3) is 12.3 Å². The number of nitrogens with zero attached hydrogens (tertiary/aromatic N) is 3. The molecule has 1 aliphatic heterocycles. The van der Waals surface area contributed by atoms with E-state index < -0.39 is 13.0 Å². The summed E-state index contributed by atoms with van der Waals surface area (Å²) in [5, 5.41) is 7.07. The largest absolute Gasteiger partial charge is 0.379 e. The molecule has 0 radical (unpaired) electrons. The van der Waals surface area contributed by atoms with Crippen LogP contribution in [0.1, 0.15) is 21.6 Å². The maximum atomic E-state index is 12.5. The van der Waals surface area contributed by atoms with E-state index in [-0.39, 0.29) is 5.91 Å². The highest BCUT2D eigenvalue weighted by molar-refractivity contribution is 5.97. The Kier molecular flexibility index (Phi) is 4.27. The number of halogens is 2. The van der Waals surface area contributed by atoms with E-state index in [1.165, 1.54) is 10.9 Å². The van der Waals surface area contributed by atoms with E-state index in [0.29, 0.717) is 17.8 Å². The van der Waals surface area contributed by atoms with Crippen LogP contribution in [0.25, 0.3) is 0 Å². The van der Waals surface area contributed by atoms with Crippen LogP contribution < -0.4 is 5.32 Å². The Morgan fingerprint density at radius 1 is 1.35 bits per heavy atom. The fourth-order valence-electron chi connectivity index (χ4n) is 2.70. The molecule has 1 N–H and O–H groups in total. The van der Waals surface area contributed by atoms with Gasteiger partial charge < -0.3 is 10.2 Å². The molecule has 7 heteroatoms. The summed E-state index contributed by atoms with van der Waals surface area (Å²) in [5.74, 6) is 0.0117. The molecule has 2 aromatic rings. The third-order valence-electron chi connectivity index (χ3n) is 3.99. The molecule has 2 heterocycles. The van der Waals surface area contributed by atoms with Crippen molar-refractivity contribution in [2.75, 3.05) is 18.9 Å². The molecule has 5 nitrogen and oxygen atoms in total. The average molecular weight is 320 g/mol. The Morgan fingerprint density at radius 2 is 2.17 bits per heavy atom. The van der Waals surface area contributed by atoms with E-state index in [1.807, 2.05) is 18.2 Å². The number of carbonyl (C=O) groups is 1. The molecule has 0 atom stereocenters. The van der Waals surface area contributed by atoms with Crippen molar-refractivity contribution in [1.29, 1.82) is 0 Å². The number of nitrogens with one attached hydrogen (secondary N) is 1.